The quantitative estimate of drug-likeness (QED) is 0.453. The van der Waals surface area contributed by atoms with Crippen molar-refractivity contribution in [3.8, 4) is 0 Å². The maximum absolute atomic E-state index is 2.37. The van der Waals surface area contributed by atoms with E-state index in [1.165, 1.54) is 41.7 Å². The summed E-state index contributed by atoms with van der Waals surface area (Å²) >= 11 is 1.55. The van der Waals surface area contributed by atoms with Crippen molar-refractivity contribution in [2.45, 2.75) is 52.4 Å². The molecule has 0 heterocycles. The third kappa shape index (κ3) is 8.42. The van der Waals surface area contributed by atoms with Crippen LogP contribution in [-0.2, 0) is 24.2 Å². The van der Waals surface area contributed by atoms with Gasteiger partial charge in [-0.25, -0.2) is 36.1 Å². The summed E-state index contributed by atoms with van der Waals surface area (Å²) in [5.41, 5.74) is 3.16. The van der Waals surface area contributed by atoms with Crippen LogP contribution in [0.25, 0.3) is 0 Å². The van der Waals surface area contributed by atoms with Crippen LogP contribution in [-0.4, -0.2) is 3.21 Å². The molecule has 0 aromatic carbocycles. The SMILES string of the molecule is C1=CCC2CC[CH-]C2=C1.C1=CCC2CC[CH-]C2=C1.C[C](C)=[Zr+2].[Cl-].[Cl-]. The van der Waals surface area contributed by atoms with E-state index in [0.29, 0.717) is 0 Å². The number of fused-ring (bicyclic) bond motifs is 2. The molecule has 3 heteroatoms. The molecule has 0 aliphatic heterocycles. The molecular formula is C21H28Cl2Zr-2. The predicted octanol–water partition coefficient (Wildman–Crippen LogP) is -0.273. The van der Waals surface area contributed by atoms with E-state index in [4.69, 9.17) is 0 Å². The summed E-state index contributed by atoms with van der Waals surface area (Å²) < 4.78 is 1.51. The fraction of sp³-hybridized carbons (Fsp3) is 0.476. The van der Waals surface area contributed by atoms with Crippen molar-refractivity contribution >= 4 is 3.21 Å². The monoisotopic (exact) mass is 440 g/mol. The van der Waals surface area contributed by atoms with E-state index in [9.17, 15) is 0 Å². The summed E-state index contributed by atoms with van der Waals surface area (Å²) in [5.74, 6) is 1.77. The minimum atomic E-state index is 0. The molecule has 0 nitrogen and oxygen atoms in total. The van der Waals surface area contributed by atoms with E-state index in [1.54, 1.807) is 35.4 Å². The Labute approximate surface area is 176 Å². The van der Waals surface area contributed by atoms with E-state index in [2.05, 4.69) is 63.1 Å². The summed E-state index contributed by atoms with van der Waals surface area (Å²) in [7, 11) is 0. The second kappa shape index (κ2) is 13.3. The van der Waals surface area contributed by atoms with Gasteiger partial charge in [0.15, 0.2) is 0 Å². The second-order valence-corrected chi connectivity index (χ2v) is 9.08. The van der Waals surface area contributed by atoms with Crippen LogP contribution in [0.1, 0.15) is 52.4 Å². The van der Waals surface area contributed by atoms with Gasteiger partial charge in [0.1, 0.15) is 0 Å². The zero-order valence-corrected chi connectivity index (χ0v) is 18.7. The number of hydrogen-bond donors (Lipinski definition) is 0. The Bertz CT molecular complexity index is 456. The topological polar surface area (TPSA) is 0 Å². The number of hydrogen-bond acceptors (Lipinski definition) is 0. The van der Waals surface area contributed by atoms with Crippen molar-refractivity contribution in [3.63, 3.8) is 0 Å². The number of allylic oxidation sites excluding steroid dienone is 8. The first kappa shape index (κ1) is 24.0. The maximum Gasteiger partial charge on any atom is -1.00 e. The molecule has 0 amide bonds. The van der Waals surface area contributed by atoms with Crippen LogP contribution in [0.4, 0.5) is 0 Å². The van der Waals surface area contributed by atoms with Crippen molar-refractivity contribution in [2.24, 2.45) is 11.8 Å². The van der Waals surface area contributed by atoms with Crippen LogP contribution in [0.3, 0.4) is 0 Å². The molecule has 4 aliphatic rings. The van der Waals surface area contributed by atoms with Crippen LogP contribution < -0.4 is 24.8 Å². The third-order valence-corrected chi connectivity index (χ3v) is 4.42. The molecule has 2 unspecified atom stereocenters. The molecule has 2 saturated carbocycles. The van der Waals surface area contributed by atoms with Crippen LogP contribution in [0.2, 0.25) is 0 Å². The van der Waals surface area contributed by atoms with Crippen LogP contribution in [0.15, 0.2) is 47.6 Å². The second-order valence-electron chi connectivity index (χ2n) is 6.62. The van der Waals surface area contributed by atoms with Crippen molar-refractivity contribution < 1.29 is 49.0 Å². The van der Waals surface area contributed by atoms with E-state index >= 15 is 0 Å². The molecular weight excluding hydrogens is 414 g/mol. The molecule has 0 aromatic heterocycles. The third-order valence-electron chi connectivity index (χ3n) is 4.42. The molecule has 4 rings (SSSR count). The minimum absolute atomic E-state index is 0. The molecule has 4 aliphatic carbocycles. The van der Waals surface area contributed by atoms with Crippen molar-refractivity contribution in [1.29, 1.82) is 0 Å². The van der Waals surface area contributed by atoms with Gasteiger partial charge in [0.05, 0.1) is 0 Å². The Morgan fingerprint density at radius 3 is 1.58 bits per heavy atom. The van der Waals surface area contributed by atoms with Crippen molar-refractivity contribution in [1.82, 2.24) is 0 Å². The summed E-state index contributed by atoms with van der Waals surface area (Å²) in [6.45, 7) is 4.25. The zero-order chi connectivity index (χ0) is 15.8. The summed E-state index contributed by atoms with van der Waals surface area (Å²) in [5, 5.41) is 0. The average Bonchev–Trinajstić information content (AvgIpc) is 3.16. The molecule has 0 saturated heterocycles. The standard InChI is InChI=1S/2C9H11.C3H6.2ClH.Zr/c2*1-2-5-9-7-3-6-8(9)4-1;1-3-2;;;/h2*1-2,4,6,9H,3,5,7H2;1-2H3;2*1H;/q2*-1;;;;+2/p-2. The van der Waals surface area contributed by atoms with Gasteiger partial charge in [0, 0.05) is 0 Å². The molecule has 0 radical (unpaired) electrons. The van der Waals surface area contributed by atoms with Gasteiger partial charge < -0.3 is 24.8 Å². The Hall–Kier alpha value is 0.0331. The number of rotatable bonds is 0. The first-order chi connectivity index (χ1) is 10.7. The van der Waals surface area contributed by atoms with Gasteiger partial charge >= 0.3 is 41.3 Å². The normalized spacial score (nSPS) is 24.5. The fourth-order valence-electron chi connectivity index (χ4n) is 3.33. The Balaban J connectivity index is 0.000000341. The van der Waals surface area contributed by atoms with Gasteiger partial charge in [-0.1, -0.05) is 12.8 Å². The molecule has 0 N–H and O–H groups in total. The molecule has 24 heavy (non-hydrogen) atoms. The molecule has 0 bridgehead atoms. The predicted molar refractivity (Wildman–Crippen MR) is 94.1 cm³/mol. The van der Waals surface area contributed by atoms with Gasteiger partial charge in [0.25, 0.3) is 0 Å². The van der Waals surface area contributed by atoms with Gasteiger partial charge in [-0.05, 0) is 24.7 Å². The Kier molecular flexibility index (Phi) is 13.3. The number of halogens is 2. The van der Waals surface area contributed by atoms with E-state index in [-0.39, 0.29) is 24.8 Å². The van der Waals surface area contributed by atoms with Crippen LogP contribution >= 0.6 is 0 Å². The van der Waals surface area contributed by atoms with Crippen molar-refractivity contribution in [2.75, 3.05) is 0 Å². The minimum Gasteiger partial charge on any atom is -1.00 e. The van der Waals surface area contributed by atoms with Crippen molar-refractivity contribution in [3.05, 3.63) is 60.4 Å². The summed E-state index contributed by atoms with van der Waals surface area (Å²) in [4.78, 5) is 0. The average molecular weight is 443 g/mol. The van der Waals surface area contributed by atoms with E-state index in [0.717, 1.165) is 11.8 Å². The van der Waals surface area contributed by atoms with Crippen LogP contribution in [0.5, 0.6) is 0 Å². The summed E-state index contributed by atoms with van der Waals surface area (Å²) in [6, 6.07) is 0. The smallest absolute Gasteiger partial charge is 1.00 e. The molecule has 0 aromatic rings. The first-order valence-electron chi connectivity index (χ1n) is 8.58. The zero-order valence-electron chi connectivity index (χ0n) is 14.8. The van der Waals surface area contributed by atoms with Crippen LogP contribution in [0, 0.1) is 24.7 Å². The Morgan fingerprint density at radius 2 is 1.25 bits per heavy atom. The van der Waals surface area contributed by atoms with Gasteiger partial charge in [-0.15, -0.1) is 37.1 Å². The van der Waals surface area contributed by atoms with Gasteiger partial charge in [-0.3, -0.25) is 0 Å². The maximum atomic E-state index is 2.37. The van der Waals surface area contributed by atoms with Gasteiger partial charge in [0.2, 0.25) is 0 Å². The molecule has 132 valence electrons. The van der Waals surface area contributed by atoms with E-state index in [1.807, 2.05) is 0 Å². The fourth-order valence-corrected chi connectivity index (χ4v) is 3.33. The molecule has 2 fully saturated rings. The first-order valence-corrected chi connectivity index (χ1v) is 9.81. The largest absolute Gasteiger partial charge is 1.00 e. The Morgan fingerprint density at radius 1 is 0.875 bits per heavy atom. The molecule has 2 atom stereocenters. The van der Waals surface area contributed by atoms with Gasteiger partial charge in [-0.2, -0.15) is 0 Å². The molecule has 0 spiro atoms. The van der Waals surface area contributed by atoms with E-state index < -0.39 is 0 Å². The summed E-state index contributed by atoms with van der Waals surface area (Å²) in [6.07, 6.45) is 26.1.